The SMILES string of the molecule is Brc1cccc(-c2cccc(-c3ccc4c(c3)c3ccccc3n4-c3ccc4c(c3)C(c3ccccc3)(c3ccccc3)c3ccccc3-4)c2)c1.CC1(C)c2ccccc2-c2cc(-n3c4ccccc4c4cc(-c5cccc(-c6cccc(Br)c6)c5)ccc43)ccc21.CC1(C)c2ccccc2-c2cccc(-n3c4ccccc4c4cc(-c5cccc(-c6cccc(Br)c6)c5)ccc43)c21. The van der Waals surface area contributed by atoms with Crippen LogP contribution in [0.4, 0.5) is 0 Å². The van der Waals surface area contributed by atoms with E-state index in [1.807, 2.05) is 0 Å². The van der Waals surface area contributed by atoms with Gasteiger partial charge in [-0.3, -0.25) is 0 Å². The number of fused-ring (bicyclic) bond motifs is 18. The lowest BCUT2D eigenvalue weighted by atomic mass is 9.67. The molecule has 0 N–H and O–H groups in total. The highest BCUT2D eigenvalue weighted by atomic mass is 79.9. The molecular formula is C127H88Br3N3. The normalized spacial score (nSPS) is 13.3. The second kappa shape index (κ2) is 32.7. The predicted octanol–water partition coefficient (Wildman–Crippen LogP) is 35.6. The van der Waals surface area contributed by atoms with Gasteiger partial charge in [0.1, 0.15) is 0 Å². The zero-order valence-electron chi connectivity index (χ0n) is 73.9. The largest absolute Gasteiger partial charge is 0.309 e. The second-order valence-electron chi connectivity index (χ2n) is 36.6. The molecule has 3 heterocycles. The third-order valence-corrected chi connectivity index (χ3v) is 29.9. The molecule has 0 aliphatic heterocycles. The summed E-state index contributed by atoms with van der Waals surface area (Å²) < 4.78 is 10.6. The molecule has 3 aliphatic carbocycles. The molecule has 6 heteroatoms. The van der Waals surface area contributed by atoms with Gasteiger partial charge in [0, 0.05) is 67.9 Å². The Hall–Kier alpha value is -14.8. The van der Waals surface area contributed by atoms with Crippen molar-refractivity contribution in [1.82, 2.24) is 13.7 Å². The molecule has 0 radical (unpaired) electrons. The third-order valence-electron chi connectivity index (χ3n) is 28.4. The second-order valence-corrected chi connectivity index (χ2v) is 39.3. The maximum Gasteiger partial charge on any atom is 0.0714 e. The Bertz CT molecular complexity index is 8580. The van der Waals surface area contributed by atoms with Gasteiger partial charge in [-0.2, -0.15) is 0 Å². The van der Waals surface area contributed by atoms with E-state index in [9.17, 15) is 0 Å². The van der Waals surface area contributed by atoms with Crippen LogP contribution in [-0.4, -0.2) is 13.7 Å². The van der Waals surface area contributed by atoms with Crippen molar-refractivity contribution in [3.05, 3.63) is 519 Å². The van der Waals surface area contributed by atoms with Crippen LogP contribution in [0, 0.1) is 0 Å². The molecule has 20 aromatic carbocycles. The highest BCUT2D eigenvalue weighted by Crippen LogP contribution is 2.58. The number of aromatic nitrogens is 3. The molecule has 0 unspecified atom stereocenters. The minimum absolute atomic E-state index is 0.00451. The molecule has 0 spiro atoms. The third kappa shape index (κ3) is 13.6. The van der Waals surface area contributed by atoms with Gasteiger partial charge in [0.15, 0.2) is 0 Å². The van der Waals surface area contributed by atoms with Crippen LogP contribution >= 0.6 is 47.8 Å². The first-order valence-corrected chi connectivity index (χ1v) is 48.1. The van der Waals surface area contributed by atoms with Crippen LogP contribution < -0.4 is 0 Å². The fourth-order valence-corrected chi connectivity index (χ4v) is 23.5. The first-order valence-electron chi connectivity index (χ1n) is 45.7. The number of benzene rings is 20. The number of rotatable bonds is 11. The van der Waals surface area contributed by atoms with E-state index in [4.69, 9.17) is 0 Å². The summed E-state index contributed by atoms with van der Waals surface area (Å²) in [5.41, 5.74) is 43.7. The van der Waals surface area contributed by atoms with Crippen molar-refractivity contribution in [2.75, 3.05) is 0 Å². The van der Waals surface area contributed by atoms with Crippen LogP contribution in [0.3, 0.4) is 0 Å². The maximum atomic E-state index is 3.65. The van der Waals surface area contributed by atoms with Gasteiger partial charge >= 0.3 is 0 Å². The monoisotopic (exact) mass is 1890 g/mol. The standard InChI is InChI=1S/C49H32BrN.2C39H28BrN/c50-39-20-12-15-35(30-39)33-13-11-14-34(29-33)36-25-28-48-44(31-36)43-22-8-10-24-47(43)51(48)40-26-27-42-41-21-7-9-23-45(41)49(46(42)32-40,37-16-3-1-4-17-37)38-18-5-2-6-19-38;1-39(2)34-17-5-3-14-30(34)32-16-9-19-37(38(32)39)41-35-18-6-4-15-31(35)33-24-28(20-21-36(33)41)26-11-7-10-25(22-26)27-12-8-13-29(40)23-27;1-39(2)35-15-5-3-13-31(35)33-24-30(18-19-36(33)39)41-37-16-6-4-14-32(37)34-23-28(17-20-38(34)41)26-10-7-9-25(21-26)27-11-8-12-29(40)22-27/h1-32H;2*3-24H,1-2H3. The van der Waals surface area contributed by atoms with E-state index in [2.05, 4.69) is 550 Å². The van der Waals surface area contributed by atoms with Gasteiger partial charge in [-0.05, 0) is 284 Å². The van der Waals surface area contributed by atoms with Gasteiger partial charge in [0.05, 0.1) is 44.2 Å². The quantitative estimate of drug-likeness (QED) is 0.123. The fourth-order valence-electron chi connectivity index (χ4n) is 22.3. The Balaban J connectivity index is 0.000000111. The summed E-state index contributed by atoms with van der Waals surface area (Å²) in [5, 5.41) is 7.59. The van der Waals surface area contributed by atoms with E-state index in [1.165, 1.54) is 221 Å². The molecule has 26 rings (SSSR count). The Morgan fingerprint density at radius 2 is 0.489 bits per heavy atom. The van der Waals surface area contributed by atoms with Crippen LogP contribution in [0.5, 0.6) is 0 Å². The minimum Gasteiger partial charge on any atom is -0.309 e. The molecule has 0 atom stereocenters. The summed E-state index contributed by atoms with van der Waals surface area (Å²) in [6.07, 6.45) is 0. The maximum absolute atomic E-state index is 3.65. The Morgan fingerprint density at radius 3 is 0.940 bits per heavy atom. The molecule has 0 bridgehead atoms. The Morgan fingerprint density at radius 1 is 0.180 bits per heavy atom. The molecule has 0 saturated carbocycles. The molecular weight excluding hydrogens is 1810 g/mol. The lowest BCUT2D eigenvalue weighted by Crippen LogP contribution is -2.28. The van der Waals surface area contributed by atoms with E-state index in [1.54, 1.807) is 0 Å². The van der Waals surface area contributed by atoms with Crippen LogP contribution in [0.2, 0.25) is 0 Å². The molecule has 3 nitrogen and oxygen atoms in total. The van der Waals surface area contributed by atoms with Crippen molar-refractivity contribution in [2.45, 2.75) is 43.9 Å². The van der Waals surface area contributed by atoms with Gasteiger partial charge in [-0.15, -0.1) is 0 Å². The van der Waals surface area contributed by atoms with Crippen molar-refractivity contribution in [3.63, 3.8) is 0 Å². The van der Waals surface area contributed by atoms with E-state index in [0.29, 0.717) is 0 Å². The number of para-hydroxylation sites is 3. The molecule has 0 amide bonds. The lowest BCUT2D eigenvalue weighted by molar-refractivity contribution is 0.656. The van der Waals surface area contributed by atoms with E-state index >= 15 is 0 Å². The summed E-state index contributed by atoms with van der Waals surface area (Å²) >= 11 is 10.9. The van der Waals surface area contributed by atoms with Crippen molar-refractivity contribution >= 4 is 113 Å². The lowest BCUT2D eigenvalue weighted by Gasteiger charge is -2.34. The van der Waals surface area contributed by atoms with Crippen molar-refractivity contribution in [3.8, 4) is 117 Å². The summed E-state index contributed by atoms with van der Waals surface area (Å²) in [7, 11) is 0. The highest BCUT2D eigenvalue weighted by molar-refractivity contribution is 9.11. The van der Waals surface area contributed by atoms with Crippen molar-refractivity contribution < 1.29 is 0 Å². The number of halogens is 3. The van der Waals surface area contributed by atoms with Gasteiger partial charge < -0.3 is 13.7 Å². The molecule has 23 aromatic rings. The fraction of sp³-hybridized carbons (Fsp3) is 0.0551. The predicted molar refractivity (Wildman–Crippen MR) is 570 cm³/mol. The molecule has 632 valence electrons. The molecule has 133 heavy (non-hydrogen) atoms. The van der Waals surface area contributed by atoms with Gasteiger partial charge in [0.2, 0.25) is 0 Å². The van der Waals surface area contributed by atoms with Crippen molar-refractivity contribution in [2.24, 2.45) is 0 Å². The van der Waals surface area contributed by atoms with Gasteiger partial charge in [-0.1, -0.05) is 397 Å². The molecule has 3 aromatic heterocycles. The number of hydrogen-bond donors (Lipinski definition) is 0. The summed E-state index contributed by atoms with van der Waals surface area (Å²) in [4.78, 5) is 0. The first kappa shape index (κ1) is 81.5. The first-order chi connectivity index (χ1) is 65.2. The van der Waals surface area contributed by atoms with Crippen LogP contribution in [-0.2, 0) is 16.2 Å². The molecule has 0 saturated heterocycles. The molecule has 0 fully saturated rings. The Labute approximate surface area is 800 Å². The topological polar surface area (TPSA) is 14.8 Å². The van der Waals surface area contributed by atoms with Crippen LogP contribution in [0.1, 0.15) is 72.2 Å². The summed E-state index contributed by atoms with van der Waals surface area (Å²) in [6.45, 7) is 9.41. The van der Waals surface area contributed by atoms with E-state index < -0.39 is 5.41 Å². The van der Waals surface area contributed by atoms with Gasteiger partial charge in [-0.25, -0.2) is 0 Å². The van der Waals surface area contributed by atoms with Crippen LogP contribution in [0.25, 0.3) is 183 Å². The smallest absolute Gasteiger partial charge is 0.0714 e. The summed E-state index contributed by atoms with van der Waals surface area (Å²) in [6, 6.07) is 169. The van der Waals surface area contributed by atoms with Crippen LogP contribution in [0.15, 0.2) is 474 Å². The van der Waals surface area contributed by atoms with Gasteiger partial charge in [0.25, 0.3) is 0 Å². The number of nitrogens with zero attached hydrogens (tertiary/aromatic N) is 3. The average Bonchev–Trinajstić information content (AvgIpc) is 1.54. The zero-order valence-corrected chi connectivity index (χ0v) is 78.6. The highest BCUT2D eigenvalue weighted by Gasteiger charge is 2.47. The van der Waals surface area contributed by atoms with E-state index in [-0.39, 0.29) is 10.8 Å². The molecule has 3 aliphatic rings. The minimum atomic E-state index is -0.449. The average molecular weight is 1900 g/mol. The zero-order chi connectivity index (χ0) is 89.4. The number of hydrogen-bond acceptors (Lipinski definition) is 0. The Kier molecular flexibility index (Phi) is 20.0. The summed E-state index contributed by atoms with van der Waals surface area (Å²) in [5.74, 6) is 0. The van der Waals surface area contributed by atoms with E-state index in [0.717, 1.165) is 19.1 Å². The van der Waals surface area contributed by atoms with Crippen molar-refractivity contribution in [1.29, 1.82) is 0 Å².